The first-order valence-electron chi connectivity index (χ1n) is 7.69. The summed E-state index contributed by atoms with van der Waals surface area (Å²) in [6.45, 7) is 2.97. The quantitative estimate of drug-likeness (QED) is 0.831. The molecule has 1 heterocycles. The summed E-state index contributed by atoms with van der Waals surface area (Å²) in [6, 6.07) is 0. The third kappa shape index (κ3) is 1.97. The Morgan fingerprint density at radius 3 is 2.83 bits per heavy atom. The second kappa shape index (κ2) is 4.84. The van der Waals surface area contributed by atoms with Crippen LogP contribution in [0.2, 0.25) is 0 Å². The lowest BCUT2D eigenvalue weighted by molar-refractivity contribution is -0.145. The summed E-state index contributed by atoms with van der Waals surface area (Å²) in [7, 11) is 2.03. The van der Waals surface area contributed by atoms with Gasteiger partial charge in [-0.05, 0) is 44.1 Å². The van der Waals surface area contributed by atoms with E-state index in [1.54, 1.807) is 0 Å². The van der Waals surface area contributed by atoms with Gasteiger partial charge in [0.25, 0.3) is 0 Å². The Morgan fingerprint density at radius 1 is 1.28 bits per heavy atom. The average Bonchev–Trinajstić information content (AvgIpc) is 2.77. The van der Waals surface area contributed by atoms with Crippen molar-refractivity contribution in [2.24, 2.45) is 17.3 Å². The van der Waals surface area contributed by atoms with Crippen LogP contribution in [0.5, 0.6) is 0 Å². The normalized spacial score (nSPS) is 35.9. The molecule has 2 aliphatic carbocycles. The fraction of sp³-hybridized carbons (Fsp3) is 0.933. The number of hydrogen-bond acceptors (Lipinski definition) is 2. The minimum absolute atomic E-state index is 0.0449. The van der Waals surface area contributed by atoms with Crippen molar-refractivity contribution in [1.82, 2.24) is 10.2 Å². The Kier molecular flexibility index (Phi) is 3.35. The van der Waals surface area contributed by atoms with Crippen LogP contribution in [0, 0.1) is 17.3 Å². The van der Waals surface area contributed by atoms with E-state index in [9.17, 15) is 4.79 Å². The molecule has 3 nitrogen and oxygen atoms in total. The van der Waals surface area contributed by atoms with Crippen LogP contribution in [0.4, 0.5) is 0 Å². The fourth-order valence-corrected chi connectivity index (χ4v) is 4.19. The summed E-state index contributed by atoms with van der Waals surface area (Å²) < 4.78 is 0. The average molecular weight is 250 g/mol. The van der Waals surface area contributed by atoms with Gasteiger partial charge in [0.15, 0.2) is 0 Å². The molecule has 102 valence electrons. The molecule has 0 aromatic carbocycles. The SMILES string of the molecule is CN(CC1CCC1)C(=O)[C@@]12CCCC[C@H]1CNC2. The second-order valence-corrected chi connectivity index (χ2v) is 6.71. The van der Waals surface area contributed by atoms with Crippen molar-refractivity contribution >= 4 is 5.91 Å². The van der Waals surface area contributed by atoms with Crippen molar-refractivity contribution in [3.8, 4) is 0 Å². The zero-order valence-corrected chi connectivity index (χ0v) is 11.6. The van der Waals surface area contributed by atoms with Gasteiger partial charge in [-0.3, -0.25) is 4.79 Å². The second-order valence-electron chi connectivity index (χ2n) is 6.71. The highest BCUT2D eigenvalue weighted by Gasteiger charge is 2.51. The van der Waals surface area contributed by atoms with Crippen molar-refractivity contribution < 1.29 is 4.79 Å². The first-order chi connectivity index (χ1) is 8.72. The Bertz CT molecular complexity index is 326. The van der Waals surface area contributed by atoms with Crippen LogP contribution >= 0.6 is 0 Å². The van der Waals surface area contributed by atoms with Gasteiger partial charge < -0.3 is 10.2 Å². The van der Waals surface area contributed by atoms with E-state index in [4.69, 9.17) is 0 Å². The molecule has 0 unspecified atom stereocenters. The maximum Gasteiger partial charge on any atom is 0.230 e. The molecule has 1 aliphatic heterocycles. The zero-order chi connectivity index (χ0) is 12.6. The van der Waals surface area contributed by atoms with Gasteiger partial charge in [-0.1, -0.05) is 19.3 Å². The third-order valence-electron chi connectivity index (χ3n) is 5.57. The third-order valence-corrected chi connectivity index (χ3v) is 5.57. The van der Waals surface area contributed by atoms with Crippen LogP contribution in [0.25, 0.3) is 0 Å². The van der Waals surface area contributed by atoms with E-state index in [1.807, 2.05) is 7.05 Å². The maximum absolute atomic E-state index is 12.9. The molecule has 3 aliphatic rings. The van der Waals surface area contributed by atoms with Crippen molar-refractivity contribution in [1.29, 1.82) is 0 Å². The number of carbonyl (C=O) groups excluding carboxylic acids is 1. The minimum Gasteiger partial charge on any atom is -0.345 e. The molecule has 2 atom stereocenters. The van der Waals surface area contributed by atoms with Crippen LogP contribution in [-0.4, -0.2) is 37.5 Å². The van der Waals surface area contributed by atoms with E-state index in [-0.39, 0.29) is 5.41 Å². The number of nitrogens with one attached hydrogen (secondary N) is 1. The lowest BCUT2D eigenvalue weighted by Gasteiger charge is -2.41. The molecule has 0 bridgehead atoms. The van der Waals surface area contributed by atoms with Gasteiger partial charge >= 0.3 is 0 Å². The number of amides is 1. The van der Waals surface area contributed by atoms with Crippen LogP contribution in [0.15, 0.2) is 0 Å². The van der Waals surface area contributed by atoms with Gasteiger partial charge in [0.1, 0.15) is 0 Å². The molecule has 1 saturated heterocycles. The molecular weight excluding hydrogens is 224 g/mol. The first-order valence-corrected chi connectivity index (χ1v) is 7.69. The van der Waals surface area contributed by atoms with Crippen LogP contribution < -0.4 is 5.32 Å². The van der Waals surface area contributed by atoms with E-state index in [1.165, 1.54) is 38.5 Å². The molecule has 0 spiro atoms. The van der Waals surface area contributed by atoms with Crippen LogP contribution in [0.1, 0.15) is 44.9 Å². The Balaban J connectivity index is 1.68. The number of fused-ring (bicyclic) bond motifs is 1. The summed E-state index contributed by atoms with van der Waals surface area (Å²) in [4.78, 5) is 14.9. The van der Waals surface area contributed by atoms with Crippen LogP contribution in [0.3, 0.4) is 0 Å². The summed E-state index contributed by atoms with van der Waals surface area (Å²) in [6.07, 6.45) is 8.92. The molecule has 3 fully saturated rings. The molecule has 0 aromatic heterocycles. The molecule has 2 saturated carbocycles. The van der Waals surface area contributed by atoms with Gasteiger partial charge in [0.2, 0.25) is 5.91 Å². The number of rotatable bonds is 3. The highest BCUT2D eigenvalue weighted by molar-refractivity contribution is 5.83. The molecule has 0 aromatic rings. The first kappa shape index (κ1) is 12.5. The standard InChI is InChI=1S/C15H26N2O/c1-17(10-12-5-4-6-12)14(18)15-8-3-2-7-13(15)9-16-11-15/h12-13,16H,2-11H2,1H3/t13-,15+/m0/s1. The van der Waals surface area contributed by atoms with E-state index in [0.717, 1.165) is 32.0 Å². The molecule has 3 heteroatoms. The topological polar surface area (TPSA) is 32.3 Å². The maximum atomic E-state index is 12.9. The Morgan fingerprint density at radius 2 is 2.11 bits per heavy atom. The van der Waals surface area contributed by atoms with Crippen molar-refractivity contribution in [2.75, 3.05) is 26.7 Å². The Hall–Kier alpha value is -0.570. The number of carbonyl (C=O) groups is 1. The zero-order valence-electron chi connectivity index (χ0n) is 11.6. The minimum atomic E-state index is -0.0449. The predicted octanol–water partition coefficient (Wildman–Crippen LogP) is 2.02. The van der Waals surface area contributed by atoms with E-state index < -0.39 is 0 Å². The predicted molar refractivity (Wildman–Crippen MR) is 72.2 cm³/mol. The molecule has 1 amide bonds. The summed E-state index contributed by atoms with van der Waals surface area (Å²) in [5, 5.41) is 3.47. The van der Waals surface area contributed by atoms with Crippen molar-refractivity contribution in [3.05, 3.63) is 0 Å². The van der Waals surface area contributed by atoms with Gasteiger partial charge in [-0.15, -0.1) is 0 Å². The van der Waals surface area contributed by atoms with Gasteiger partial charge in [0.05, 0.1) is 5.41 Å². The molecule has 18 heavy (non-hydrogen) atoms. The molecule has 3 rings (SSSR count). The van der Waals surface area contributed by atoms with E-state index >= 15 is 0 Å². The van der Waals surface area contributed by atoms with E-state index in [2.05, 4.69) is 10.2 Å². The lowest BCUT2D eigenvalue weighted by atomic mass is 9.67. The summed E-state index contributed by atoms with van der Waals surface area (Å²) in [5.74, 6) is 1.82. The Labute approximate surface area is 110 Å². The molecular formula is C15H26N2O. The van der Waals surface area contributed by atoms with Crippen molar-refractivity contribution in [3.63, 3.8) is 0 Å². The smallest absolute Gasteiger partial charge is 0.230 e. The molecule has 1 N–H and O–H groups in total. The van der Waals surface area contributed by atoms with Crippen LogP contribution in [-0.2, 0) is 4.79 Å². The van der Waals surface area contributed by atoms with E-state index in [0.29, 0.717) is 11.8 Å². The lowest BCUT2D eigenvalue weighted by Crippen LogP contribution is -2.49. The number of hydrogen-bond donors (Lipinski definition) is 1. The monoisotopic (exact) mass is 250 g/mol. The summed E-state index contributed by atoms with van der Waals surface area (Å²) in [5.41, 5.74) is -0.0449. The largest absolute Gasteiger partial charge is 0.345 e. The highest BCUT2D eigenvalue weighted by Crippen LogP contribution is 2.45. The van der Waals surface area contributed by atoms with Gasteiger partial charge in [-0.25, -0.2) is 0 Å². The van der Waals surface area contributed by atoms with Gasteiger partial charge in [-0.2, -0.15) is 0 Å². The molecule has 0 radical (unpaired) electrons. The van der Waals surface area contributed by atoms with Crippen molar-refractivity contribution in [2.45, 2.75) is 44.9 Å². The summed E-state index contributed by atoms with van der Waals surface area (Å²) >= 11 is 0. The number of nitrogens with zero attached hydrogens (tertiary/aromatic N) is 1. The highest BCUT2D eigenvalue weighted by atomic mass is 16.2. The van der Waals surface area contributed by atoms with Gasteiger partial charge in [0, 0.05) is 20.1 Å². The fourth-order valence-electron chi connectivity index (χ4n) is 4.19.